The Balaban J connectivity index is 2.37. The second-order valence-corrected chi connectivity index (χ2v) is 4.89. The molecule has 1 aromatic carbocycles. The number of ether oxygens (including phenoxy) is 1. The molecule has 1 aromatic rings. The quantitative estimate of drug-likeness (QED) is 0.557. The smallest absolute Gasteiger partial charge is 0.317 e. The van der Waals surface area contributed by atoms with Gasteiger partial charge in [0.1, 0.15) is 5.75 Å². The van der Waals surface area contributed by atoms with Crippen LogP contribution >= 0.6 is 0 Å². The van der Waals surface area contributed by atoms with E-state index in [2.05, 4.69) is 12.6 Å². The van der Waals surface area contributed by atoms with Gasteiger partial charge in [-0.2, -0.15) is 0 Å². The molecule has 0 unspecified atom stereocenters. The van der Waals surface area contributed by atoms with Gasteiger partial charge in [0.25, 0.3) is 0 Å². The van der Waals surface area contributed by atoms with Gasteiger partial charge in [0, 0.05) is 13.1 Å². The van der Waals surface area contributed by atoms with Crippen molar-refractivity contribution in [2.45, 2.75) is 20.3 Å². The van der Waals surface area contributed by atoms with Crippen LogP contribution < -0.4 is 4.74 Å². The molecule has 1 rings (SSSR count). The zero-order chi connectivity index (χ0) is 15.0. The fourth-order valence-electron chi connectivity index (χ4n) is 1.94. The maximum Gasteiger partial charge on any atom is 0.317 e. The molecule has 0 aliphatic rings. The summed E-state index contributed by atoms with van der Waals surface area (Å²) in [6.07, 6.45) is 2.50. The van der Waals surface area contributed by atoms with E-state index >= 15 is 0 Å². The Morgan fingerprint density at radius 3 is 2.85 bits per heavy atom. The first-order chi connectivity index (χ1) is 9.52. The number of carbonyl (C=O) groups is 1. The van der Waals surface area contributed by atoms with Crippen LogP contribution in [0.4, 0.5) is 0 Å². The molecule has 20 heavy (non-hydrogen) atoms. The van der Waals surface area contributed by atoms with Crippen LogP contribution in [0.5, 0.6) is 5.75 Å². The van der Waals surface area contributed by atoms with E-state index in [4.69, 9.17) is 9.84 Å². The van der Waals surface area contributed by atoms with Gasteiger partial charge in [0.15, 0.2) is 0 Å². The Labute approximate surface area is 120 Å². The number of carboxylic acid groups (broad SMARTS) is 1. The van der Waals surface area contributed by atoms with Gasteiger partial charge >= 0.3 is 5.97 Å². The number of hydrogen-bond donors (Lipinski definition) is 1. The number of nitrogens with zero attached hydrogens (tertiary/aromatic N) is 1. The highest BCUT2D eigenvalue weighted by molar-refractivity contribution is 5.69. The molecular weight excluding hydrogens is 254 g/mol. The molecule has 0 aliphatic carbocycles. The molecule has 0 saturated carbocycles. The van der Waals surface area contributed by atoms with Gasteiger partial charge in [-0.05, 0) is 37.5 Å². The van der Waals surface area contributed by atoms with Crippen molar-refractivity contribution in [2.24, 2.45) is 0 Å². The monoisotopic (exact) mass is 277 g/mol. The van der Waals surface area contributed by atoms with Gasteiger partial charge < -0.3 is 9.84 Å². The van der Waals surface area contributed by atoms with E-state index in [1.165, 1.54) is 5.56 Å². The van der Waals surface area contributed by atoms with Gasteiger partial charge in [-0.3, -0.25) is 9.69 Å². The topological polar surface area (TPSA) is 49.8 Å². The van der Waals surface area contributed by atoms with Crippen molar-refractivity contribution in [3.05, 3.63) is 42.0 Å². The van der Waals surface area contributed by atoms with Crippen LogP contribution in [-0.2, 0) is 4.79 Å². The summed E-state index contributed by atoms with van der Waals surface area (Å²) < 4.78 is 5.75. The van der Waals surface area contributed by atoms with Crippen molar-refractivity contribution in [3.8, 4) is 5.75 Å². The van der Waals surface area contributed by atoms with Gasteiger partial charge in [-0.25, -0.2) is 0 Å². The molecule has 0 atom stereocenters. The molecular formula is C16H23NO3. The van der Waals surface area contributed by atoms with Crippen molar-refractivity contribution in [3.63, 3.8) is 0 Å². The van der Waals surface area contributed by atoms with Gasteiger partial charge in [-0.15, -0.1) is 6.58 Å². The minimum absolute atomic E-state index is 0.0372. The molecule has 0 heterocycles. The van der Waals surface area contributed by atoms with Crippen molar-refractivity contribution >= 4 is 5.97 Å². The van der Waals surface area contributed by atoms with Crippen LogP contribution in [-0.4, -0.2) is 42.2 Å². The third kappa shape index (κ3) is 5.89. The van der Waals surface area contributed by atoms with E-state index in [-0.39, 0.29) is 6.54 Å². The number of hydrogen-bond acceptors (Lipinski definition) is 3. The number of aliphatic carboxylic acids is 1. The Kier molecular flexibility index (Phi) is 6.81. The third-order valence-electron chi connectivity index (χ3n) is 2.97. The fourth-order valence-corrected chi connectivity index (χ4v) is 1.94. The minimum Gasteiger partial charge on any atom is -0.493 e. The van der Waals surface area contributed by atoms with Crippen LogP contribution in [0.2, 0.25) is 0 Å². The predicted molar refractivity (Wildman–Crippen MR) is 80.3 cm³/mol. The van der Waals surface area contributed by atoms with E-state index in [0.717, 1.165) is 17.7 Å². The van der Waals surface area contributed by atoms with Crippen LogP contribution in [0.15, 0.2) is 30.9 Å². The Morgan fingerprint density at radius 2 is 2.20 bits per heavy atom. The normalized spacial score (nSPS) is 10.6. The first kappa shape index (κ1) is 16.2. The van der Waals surface area contributed by atoms with Crippen LogP contribution in [0.1, 0.15) is 17.5 Å². The van der Waals surface area contributed by atoms with E-state index in [1.807, 2.05) is 30.9 Å². The molecule has 0 aromatic heterocycles. The summed E-state index contributed by atoms with van der Waals surface area (Å²) in [4.78, 5) is 12.5. The molecule has 0 aliphatic heterocycles. The highest BCUT2D eigenvalue weighted by Gasteiger charge is 2.07. The predicted octanol–water partition coefficient (Wildman–Crippen LogP) is 2.64. The first-order valence-electron chi connectivity index (χ1n) is 6.78. The molecule has 0 spiro atoms. The molecule has 0 fully saturated rings. The zero-order valence-corrected chi connectivity index (χ0v) is 12.3. The highest BCUT2D eigenvalue weighted by Crippen LogP contribution is 2.19. The molecule has 1 N–H and O–H groups in total. The van der Waals surface area contributed by atoms with Crippen LogP contribution in [0.3, 0.4) is 0 Å². The Morgan fingerprint density at radius 1 is 1.45 bits per heavy atom. The Bertz CT molecular complexity index is 457. The number of benzene rings is 1. The molecule has 0 saturated heterocycles. The lowest BCUT2D eigenvalue weighted by molar-refractivity contribution is -0.138. The lowest BCUT2D eigenvalue weighted by Gasteiger charge is -2.18. The van der Waals surface area contributed by atoms with Crippen molar-refractivity contribution in [1.82, 2.24) is 4.90 Å². The van der Waals surface area contributed by atoms with Gasteiger partial charge in [-0.1, -0.05) is 18.2 Å². The first-order valence-corrected chi connectivity index (χ1v) is 6.78. The maximum atomic E-state index is 10.7. The Hall–Kier alpha value is -1.81. The standard InChI is InChI=1S/C16H23NO3/c1-4-8-17(12-16(18)19)9-5-10-20-15-11-13(2)6-7-14(15)3/h4,6-7,11H,1,5,8-10,12H2,2-3H3,(H,18,19). The number of aryl methyl sites for hydroxylation is 2. The van der Waals surface area contributed by atoms with E-state index in [9.17, 15) is 4.79 Å². The summed E-state index contributed by atoms with van der Waals surface area (Å²) in [5, 5.41) is 8.80. The summed E-state index contributed by atoms with van der Waals surface area (Å²) >= 11 is 0. The van der Waals surface area contributed by atoms with E-state index in [0.29, 0.717) is 19.7 Å². The third-order valence-corrected chi connectivity index (χ3v) is 2.97. The average Bonchev–Trinajstić information content (AvgIpc) is 2.38. The van der Waals surface area contributed by atoms with E-state index in [1.54, 1.807) is 6.08 Å². The van der Waals surface area contributed by atoms with Crippen LogP contribution in [0, 0.1) is 13.8 Å². The molecule has 0 amide bonds. The van der Waals surface area contributed by atoms with Crippen molar-refractivity contribution in [2.75, 3.05) is 26.2 Å². The SMILES string of the molecule is C=CCN(CCCOc1cc(C)ccc1C)CC(=O)O. The summed E-state index contributed by atoms with van der Waals surface area (Å²) in [5.74, 6) is 0.0841. The second kappa shape index (κ2) is 8.38. The summed E-state index contributed by atoms with van der Waals surface area (Å²) in [7, 11) is 0. The molecule has 4 nitrogen and oxygen atoms in total. The molecule has 110 valence electrons. The summed E-state index contributed by atoms with van der Waals surface area (Å²) in [6, 6.07) is 6.12. The fraction of sp³-hybridized carbons (Fsp3) is 0.438. The molecule has 0 bridgehead atoms. The highest BCUT2D eigenvalue weighted by atomic mass is 16.5. The zero-order valence-electron chi connectivity index (χ0n) is 12.3. The van der Waals surface area contributed by atoms with Gasteiger partial charge in [0.05, 0.1) is 13.2 Å². The summed E-state index contributed by atoms with van der Waals surface area (Å²) in [5.41, 5.74) is 2.29. The molecule has 0 radical (unpaired) electrons. The minimum atomic E-state index is -0.817. The van der Waals surface area contributed by atoms with Crippen molar-refractivity contribution < 1.29 is 14.6 Å². The van der Waals surface area contributed by atoms with E-state index < -0.39 is 5.97 Å². The van der Waals surface area contributed by atoms with Gasteiger partial charge in [0.2, 0.25) is 0 Å². The number of carboxylic acids is 1. The number of rotatable bonds is 9. The van der Waals surface area contributed by atoms with Crippen molar-refractivity contribution in [1.29, 1.82) is 0 Å². The largest absolute Gasteiger partial charge is 0.493 e. The average molecular weight is 277 g/mol. The molecule has 4 heteroatoms. The lowest BCUT2D eigenvalue weighted by Crippen LogP contribution is -2.31. The van der Waals surface area contributed by atoms with Crippen LogP contribution in [0.25, 0.3) is 0 Å². The lowest BCUT2D eigenvalue weighted by atomic mass is 10.1. The summed E-state index contributed by atoms with van der Waals surface area (Å²) in [6.45, 7) is 9.57. The maximum absolute atomic E-state index is 10.7. The second-order valence-electron chi connectivity index (χ2n) is 4.89.